The van der Waals surface area contributed by atoms with E-state index < -0.39 is 5.97 Å². The van der Waals surface area contributed by atoms with Crippen LogP contribution < -0.4 is 4.74 Å². The Morgan fingerprint density at radius 1 is 1.39 bits per heavy atom. The van der Waals surface area contributed by atoms with E-state index in [2.05, 4.69) is 4.98 Å². The third-order valence-electron chi connectivity index (χ3n) is 4.31. The van der Waals surface area contributed by atoms with Crippen LogP contribution in [0.2, 0.25) is 0 Å². The van der Waals surface area contributed by atoms with Crippen LogP contribution in [-0.4, -0.2) is 22.7 Å². The summed E-state index contributed by atoms with van der Waals surface area (Å²) < 4.78 is 5.71. The fourth-order valence-electron chi connectivity index (χ4n) is 3.40. The van der Waals surface area contributed by atoms with Gasteiger partial charge in [0.25, 0.3) is 0 Å². The Morgan fingerprint density at radius 3 is 2.94 bits per heavy atom. The van der Waals surface area contributed by atoms with Crippen molar-refractivity contribution in [2.75, 3.05) is 6.61 Å². The maximum Gasteiger partial charge on any atom is 0.337 e. The number of hydrogen-bond acceptors (Lipinski definition) is 3. The zero-order valence-electron chi connectivity index (χ0n) is 10.2. The molecule has 2 saturated carbocycles. The second kappa shape index (κ2) is 4.59. The Kier molecular flexibility index (Phi) is 2.94. The van der Waals surface area contributed by atoms with Gasteiger partial charge in [0, 0.05) is 6.20 Å². The number of carboxylic acids is 1. The maximum absolute atomic E-state index is 10.8. The van der Waals surface area contributed by atoms with Crippen LogP contribution in [-0.2, 0) is 0 Å². The summed E-state index contributed by atoms with van der Waals surface area (Å²) in [5, 5.41) is 8.88. The Bertz CT molecular complexity index is 460. The molecule has 3 rings (SSSR count). The van der Waals surface area contributed by atoms with Gasteiger partial charge in [0.05, 0.1) is 18.4 Å². The van der Waals surface area contributed by atoms with Crippen molar-refractivity contribution >= 4 is 5.97 Å². The largest absolute Gasteiger partial charge is 0.492 e. The molecule has 1 aromatic rings. The molecule has 0 aliphatic heterocycles. The highest BCUT2D eigenvalue weighted by Gasteiger charge is 2.39. The molecule has 1 aromatic heterocycles. The summed E-state index contributed by atoms with van der Waals surface area (Å²) >= 11 is 0. The molecule has 1 heterocycles. The van der Waals surface area contributed by atoms with Crippen LogP contribution in [0.1, 0.15) is 36.0 Å². The monoisotopic (exact) mass is 247 g/mol. The molecule has 4 nitrogen and oxygen atoms in total. The standard InChI is InChI=1S/C14H17NO3/c16-14(17)11-5-13(7-15-6-11)18-8-12-4-9-1-2-10(12)3-9/h5-7,9-10,12H,1-4,8H2,(H,16,17). The molecule has 1 N–H and O–H groups in total. The molecular weight excluding hydrogens is 230 g/mol. The summed E-state index contributed by atoms with van der Waals surface area (Å²) in [6.45, 7) is 0.700. The number of aromatic nitrogens is 1. The van der Waals surface area contributed by atoms with Gasteiger partial charge in [-0.05, 0) is 43.1 Å². The normalized spacial score (nSPS) is 29.4. The molecule has 0 radical (unpaired) electrons. The molecule has 4 heteroatoms. The van der Waals surface area contributed by atoms with Crippen LogP contribution in [0, 0.1) is 17.8 Å². The number of aromatic carboxylic acids is 1. The molecule has 0 spiro atoms. The van der Waals surface area contributed by atoms with E-state index in [1.165, 1.54) is 31.9 Å². The van der Waals surface area contributed by atoms with E-state index in [4.69, 9.17) is 9.84 Å². The highest BCUT2D eigenvalue weighted by molar-refractivity contribution is 5.87. The van der Waals surface area contributed by atoms with Gasteiger partial charge in [-0.25, -0.2) is 4.79 Å². The van der Waals surface area contributed by atoms with Crippen molar-refractivity contribution in [2.45, 2.75) is 25.7 Å². The van der Waals surface area contributed by atoms with E-state index in [0.29, 0.717) is 18.3 Å². The zero-order valence-corrected chi connectivity index (χ0v) is 10.2. The molecule has 2 aliphatic carbocycles. The minimum Gasteiger partial charge on any atom is -0.492 e. The van der Waals surface area contributed by atoms with Crippen LogP contribution in [0.4, 0.5) is 0 Å². The van der Waals surface area contributed by atoms with Crippen LogP contribution in [0.25, 0.3) is 0 Å². The third-order valence-corrected chi connectivity index (χ3v) is 4.31. The Morgan fingerprint density at radius 2 is 2.28 bits per heavy atom. The van der Waals surface area contributed by atoms with Crippen molar-refractivity contribution in [1.82, 2.24) is 4.98 Å². The van der Waals surface area contributed by atoms with Gasteiger partial charge in [-0.3, -0.25) is 4.98 Å². The van der Waals surface area contributed by atoms with E-state index in [1.807, 2.05) is 0 Å². The lowest BCUT2D eigenvalue weighted by Crippen LogP contribution is -2.18. The maximum atomic E-state index is 10.8. The molecule has 3 atom stereocenters. The van der Waals surface area contributed by atoms with Crippen LogP contribution in [0.3, 0.4) is 0 Å². The van der Waals surface area contributed by atoms with Gasteiger partial charge in [0.2, 0.25) is 0 Å². The number of pyridine rings is 1. The Hall–Kier alpha value is -1.58. The average Bonchev–Trinajstić information content (AvgIpc) is 2.99. The van der Waals surface area contributed by atoms with Crippen molar-refractivity contribution in [3.05, 3.63) is 24.0 Å². The number of carboxylic acid groups (broad SMARTS) is 1. The number of rotatable bonds is 4. The van der Waals surface area contributed by atoms with Crippen molar-refractivity contribution in [3.63, 3.8) is 0 Å². The Labute approximate surface area is 106 Å². The first-order chi connectivity index (χ1) is 8.72. The van der Waals surface area contributed by atoms with Crippen LogP contribution in [0.15, 0.2) is 18.5 Å². The predicted molar refractivity (Wildman–Crippen MR) is 65.6 cm³/mol. The molecule has 0 amide bonds. The van der Waals surface area contributed by atoms with Crippen molar-refractivity contribution < 1.29 is 14.6 Å². The van der Waals surface area contributed by atoms with Gasteiger partial charge in [-0.1, -0.05) is 6.42 Å². The predicted octanol–water partition coefficient (Wildman–Crippen LogP) is 2.59. The second-order valence-electron chi connectivity index (χ2n) is 5.46. The average molecular weight is 247 g/mol. The van der Waals surface area contributed by atoms with Gasteiger partial charge in [0.15, 0.2) is 0 Å². The summed E-state index contributed by atoms with van der Waals surface area (Å²) in [5.41, 5.74) is 0.181. The quantitative estimate of drug-likeness (QED) is 0.888. The summed E-state index contributed by atoms with van der Waals surface area (Å²) in [5.74, 6) is 1.99. The van der Waals surface area contributed by atoms with Crippen LogP contribution >= 0.6 is 0 Å². The number of fused-ring (bicyclic) bond motifs is 2. The lowest BCUT2D eigenvalue weighted by molar-refractivity contribution is 0.0695. The van der Waals surface area contributed by atoms with Gasteiger partial charge in [0.1, 0.15) is 5.75 Å². The van der Waals surface area contributed by atoms with Crippen LogP contribution in [0.5, 0.6) is 5.75 Å². The molecule has 0 aromatic carbocycles. The molecule has 2 bridgehead atoms. The number of nitrogens with zero attached hydrogens (tertiary/aromatic N) is 1. The first kappa shape index (κ1) is 11.5. The van der Waals surface area contributed by atoms with Crippen molar-refractivity contribution in [2.24, 2.45) is 17.8 Å². The summed E-state index contributed by atoms with van der Waals surface area (Å²) in [7, 11) is 0. The topological polar surface area (TPSA) is 59.4 Å². The zero-order chi connectivity index (χ0) is 12.5. The highest BCUT2D eigenvalue weighted by atomic mass is 16.5. The van der Waals surface area contributed by atoms with E-state index in [-0.39, 0.29) is 5.56 Å². The van der Waals surface area contributed by atoms with E-state index >= 15 is 0 Å². The molecule has 96 valence electrons. The molecule has 0 saturated heterocycles. The smallest absolute Gasteiger partial charge is 0.337 e. The Balaban J connectivity index is 1.60. The first-order valence-corrected chi connectivity index (χ1v) is 6.53. The molecule has 2 fully saturated rings. The molecule has 2 aliphatic rings. The highest BCUT2D eigenvalue weighted by Crippen LogP contribution is 2.48. The minimum absolute atomic E-state index is 0.181. The second-order valence-corrected chi connectivity index (χ2v) is 5.46. The molecule has 3 unspecified atom stereocenters. The van der Waals surface area contributed by atoms with E-state index in [9.17, 15) is 4.79 Å². The first-order valence-electron chi connectivity index (χ1n) is 6.53. The number of hydrogen-bond donors (Lipinski definition) is 1. The lowest BCUT2D eigenvalue weighted by atomic mass is 9.89. The van der Waals surface area contributed by atoms with Crippen molar-refractivity contribution in [1.29, 1.82) is 0 Å². The molecular formula is C14H17NO3. The fraction of sp³-hybridized carbons (Fsp3) is 0.571. The minimum atomic E-state index is -0.965. The summed E-state index contributed by atoms with van der Waals surface area (Å²) in [6, 6.07) is 1.54. The SMILES string of the molecule is O=C(O)c1cncc(OCC2CC3CCC2C3)c1. The van der Waals surface area contributed by atoms with Gasteiger partial charge < -0.3 is 9.84 Å². The van der Waals surface area contributed by atoms with Gasteiger partial charge in [-0.2, -0.15) is 0 Å². The number of ether oxygens (including phenoxy) is 1. The number of carbonyl (C=O) groups is 1. The van der Waals surface area contributed by atoms with Crippen molar-refractivity contribution in [3.8, 4) is 5.75 Å². The summed E-state index contributed by atoms with van der Waals surface area (Å²) in [4.78, 5) is 14.7. The summed E-state index contributed by atoms with van der Waals surface area (Å²) in [6.07, 6.45) is 8.29. The van der Waals surface area contributed by atoms with E-state index in [1.54, 1.807) is 12.3 Å². The van der Waals surface area contributed by atoms with Gasteiger partial charge >= 0.3 is 5.97 Å². The third kappa shape index (κ3) is 2.19. The van der Waals surface area contributed by atoms with E-state index in [0.717, 1.165) is 11.8 Å². The fourth-order valence-corrected chi connectivity index (χ4v) is 3.40. The van der Waals surface area contributed by atoms with Gasteiger partial charge in [-0.15, -0.1) is 0 Å². The molecule has 18 heavy (non-hydrogen) atoms. The lowest BCUT2D eigenvalue weighted by Gasteiger charge is -2.21.